The first-order chi connectivity index (χ1) is 12.1. The van der Waals surface area contributed by atoms with Gasteiger partial charge in [0.05, 0.1) is 18.9 Å². The lowest BCUT2D eigenvalue weighted by molar-refractivity contribution is -0.123. The van der Waals surface area contributed by atoms with Crippen LogP contribution in [0.15, 0.2) is 36.9 Å². The van der Waals surface area contributed by atoms with Gasteiger partial charge in [0.25, 0.3) is 0 Å². The van der Waals surface area contributed by atoms with Gasteiger partial charge in [0.1, 0.15) is 5.75 Å². The van der Waals surface area contributed by atoms with E-state index in [9.17, 15) is 4.79 Å². The second kappa shape index (κ2) is 8.30. The van der Waals surface area contributed by atoms with E-state index in [0.717, 1.165) is 17.7 Å². The van der Waals surface area contributed by atoms with Crippen molar-refractivity contribution in [2.75, 3.05) is 21.2 Å². The zero-order valence-electron chi connectivity index (χ0n) is 15.3. The smallest absolute Gasteiger partial charge is 0.236 e. The van der Waals surface area contributed by atoms with Gasteiger partial charge in [0.15, 0.2) is 0 Å². The average Bonchev–Trinajstić information content (AvgIpc) is 3.23. The molecule has 136 valence electrons. The molecule has 0 radical (unpaired) electrons. The zero-order chi connectivity index (χ0) is 18.4. The Balaban J connectivity index is 0.000000701. The minimum Gasteiger partial charge on any atom is -0.497 e. The van der Waals surface area contributed by atoms with Gasteiger partial charge in [-0.25, -0.2) is 0 Å². The Morgan fingerprint density at radius 2 is 2.08 bits per heavy atom. The normalized spacial score (nSPS) is 27.2. The van der Waals surface area contributed by atoms with E-state index in [1.807, 2.05) is 44.4 Å². The Morgan fingerprint density at radius 3 is 2.56 bits per heavy atom. The highest BCUT2D eigenvalue weighted by Crippen LogP contribution is 2.67. The van der Waals surface area contributed by atoms with Gasteiger partial charge in [0.2, 0.25) is 5.91 Å². The van der Waals surface area contributed by atoms with Crippen LogP contribution >= 0.6 is 0 Å². The largest absolute Gasteiger partial charge is 0.497 e. The number of amides is 1. The fourth-order valence-electron chi connectivity index (χ4n) is 4.12. The van der Waals surface area contributed by atoms with Crippen molar-refractivity contribution in [1.29, 1.82) is 5.41 Å². The van der Waals surface area contributed by atoms with Crippen LogP contribution in [0.1, 0.15) is 24.8 Å². The quantitative estimate of drug-likeness (QED) is 0.422. The average molecular weight is 343 g/mol. The Morgan fingerprint density at radius 1 is 1.40 bits per heavy atom. The molecule has 2 saturated carbocycles. The number of ether oxygens (including phenoxy) is 1. The molecule has 2 aliphatic carbocycles. The van der Waals surface area contributed by atoms with Crippen LogP contribution in [0, 0.1) is 23.2 Å². The van der Waals surface area contributed by atoms with E-state index >= 15 is 0 Å². The van der Waals surface area contributed by atoms with Gasteiger partial charge in [-0.05, 0) is 49.5 Å². The molecule has 3 atom stereocenters. The Labute approximate surface area is 150 Å². The van der Waals surface area contributed by atoms with E-state index in [1.165, 1.54) is 19.3 Å². The first kappa shape index (κ1) is 19.2. The van der Waals surface area contributed by atoms with Crippen molar-refractivity contribution in [2.45, 2.75) is 24.7 Å². The van der Waals surface area contributed by atoms with Crippen LogP contribution in [0.3, 0.4) is 0 Å². The van der Waals surface area contributed by atoms with Crippen molar-refractivity contribution in [3.63, 3.8) is 0 Å². The summed E-state index contributed by atoms with van der Waals surface area (Å²) in [6.45, 7) is 3.95. The van der Waals surface area contributed by atoms with E-state index in [-0.39, 0.29) is 17.7 Å². The Kier molecular flexibility index (Phi) is 6.37. The molecule has 0 aliphatic heterocycles. The molecule has 25 heavy (non-hydrogen) atoms. The molecule has 3 rings (SSSR count). The molecule has 0 spiro atoms. The Hall–Kier alpha value is -2.14. The topological polar surface area (TPSA) is 74.2 Å². The second-order valence-electron chi connectivity index (χ2n) is 6.70. The maximum atomic E-state index is 12.8. The van der Waals surface area contributed by atoms with Crippen molar-refractivity contribution in [3.05, 3.63) is 42.5 Å². The minimum atomic E-state index is -0.598. The fourth-order valence-corrected chi connectivity index (χ4v) is 4.12. The molecule has 1 aromatic rings. The number of carbonyl (C=O) groups is 1. The standard InChI is InChI=1S/C18H22N2O2.C2H7N/c1-3-15-16(12-6-4-7-12)18(15,17(21)20-11-19)13-8-5-9-14(10-13)22-2;1-3-2/h3,5,8-12,15-16H,1,4,6-7H2,2H3,(H2,19,20,21);3H,1-2H3. The molecule has 3 unspecified atom stereocenters. The summed E-state index contributed by atoms with van der Waals surface area (Å²) < 4.78 is 5.32. The summed E-state index contributed by atoms with van der Waals surface area (Å²) in [7, 11) is 5.38. The summed E-state index contributed by atoms with van der Waals surface area (Å²) in [4.78, 5) is 12.8. The summed E-state index contributed by atoms with van der Waals surface area (Å²) in [6, 6.07) is 7.74. The lowest BCUT2D eigenvalue weighted by Gasteiger charge is -2.28. The van der Waals surface area contributed by atoms with Crippen LogP contribution in [0.25, 0.3) is 0 Å². The van der Waals surface area contributed by atoms with Crippen LogP contribution in [0.5, 0.6) is 5.75 Å². The third-order valence-electron chi connectivity index (χ3n) is 5.37. The molecule has 5 nitrogen and oxygen atoms in total. The fraction of sp³-hybridized carbons (Fsp3) is 0.500. The highest BCUT2D eigenvalue weighted by atomic mass is 16.5. The third kappa shape index (κ3) is 3.33. The van der Waals surface area contributed by atoms with Crippen molar-refractivity contribution in [2.24, 2.45) is 17.8 Å². The van der Waals surface area contributed by atoms with Gasteiger partial charge < -0.3 is 15.4 Å². The molecule has 1 aromatic carbocycles. The van der Waals surface area contributed by atoms with Gasteiger partial charge in [-0.2, -0.15) is 0 Å². The maximum absolute atomic E-state index is 12.8. The van der Waals surface area contributed by atoms with E-state index in [4.69, 9.17) is 10.1 Å². The van der Waals surface area contributed by atoms with Crippen LogP contribution < -0.4 is 15.4 Å². The number of allylic oxidation sites excluding steroid dienone is 1. The van der Waals surface area contributed by atoms with Gasteiger partial charge in [-0.3, -0.25) is 10.2 Å². The first-order valence-corrected chi connectivity index (χ1v) is 8.77. The van der Waals surface area contributed by atoms with E-state index in [1.54, 1.807) is 7.11 Å². The molecule has 2 fully saturated rings. The maximum Gasteiger partial charge on any atom is 0.236 e. The number of carbonyl (C=O) groups excluding carboxylic acids is 1. The van der Waals surface area contributed by atoms with Gasteiger partial charge >= 0.3 is 0 Å². The predicted molar refractivity (Wildman–Crippen MR) is 101 cm³/mol. The minimum absolute atomic E-state index is 0.0995. The number of nitrogens with one attached hydrogen (secondary N) is 3. The molecule has 0 aromatic heterocycles. The van der Waals surface area contributed by atoms with Crippen molar-refractivity contribution < 1.29 is 9.53 Å². The number of methoxy groups -OCH3 is 1. The van der Waals surface area contributed by atoms with E-state index in [0.29, 0.717) is 5.92 Å². The first-order valence-electron chi connectivity index (χ1n) is 8.77. The summed E-state index contributed by atoms with van der Waals surface area (Å²) in [5.41, 5.74) is 0.367. The second-order valence-corrected chi connectivity index (χ2v) is 6.70. The number of hydrogen-bond acceptors (Lipinski definition) is 4. The summed E-state index contributed by atoms with van der Waals surface area (Å²) >= 11 is 0. The van der Waals surface area contributed by atoms with Crippen molar-refractivity contribution >= 4 is 12.2 Å². The predicted octanol–water partition coefficient (Wildman–Crippen LogP) is 2.72. The Bertz CT molecular complexity index is 627. The number of rotatable bonds is 6. The SMILES string of the molecule is C=CC1C(C2CCC2)C1(C(=O)NC=N)c1cccc(OC)c1.CNC. The molecule has 2 aliphatic rings. The molecular weight excluding hydrogens is 314 g/mol. The monoisotopic (exact) mass is 343 g/mol. The molecule has 0 heterocycles. The van der Waals surface area contributed by atoms with Gasteiger partial charge in [-0.15, -0.1) is 6.58 Å². The van der Waals surface area contributed by atoms with Crippen LogP contribution in [-0.4, -0.2) is 33.5 Å². The van der Waals surface area contributed by atoms with Crippen molar-refractivity contribution in [1.82, 2.24) is 10.6 Å². The number of benzene rings is 1. The van der Waals surface area contributed by atoms with Crippen LogP contribution in [0.2, 0.25) is 0 Å². The molecule has 1 amide bonds. The molecule has 0 saturated heterocycles. The summed E-state index contributed by atoms with van der Waals surface area (Å²) in [6.07, 6.45) is 6.48. The molecular formula is C20H29N3O2. The molecule has 5 heteroatoms. The summed E-state index contributed by atoms with van der Waals surface area (Å²) in [5, 5.41) is 12.6. The van der Waals surface area contributed by atoms with Crippen molar-refractivity contribution in [3.8, 4) is 5.75 Å². The highest BCUT2D eigenvalue weighted by Gasteiger charge is 2.71. The lowest BCUT2D eigenvalue weighted by Crippen LogP contribution is -2.37. The molecule has 3 N–H and O–H groups in total. The lowest BCUT2D eigenvalue weighted by atomic mass is 9.77. The van der Waals surface area contributed by atoms with E-state index in [2.05, 4.69) is 17.2 Å². The van der Waals surface area contributed by atoms with Crippen LogP contribution in [0.4, 0.5) is 0 Å². The number of hydrogen-bond donors (Lipinski definition) is 3. The highest BCUT2D eigenvalue weighted by molar-refractivity contribution is 5.99. The zero-order valence-corrected chi connectivity index (χ0v) is 15.3. The van der Waals surface area contributed by atoms with Gasteiger partial charge in [0, 0.05) is 0 Å². The van der Waals surface area contributed by atoms with Crippen LogP contribution in [-0.2, 0) is 10.2 Å². The van der Waals surface area contributed by atoms with Gasteiger partial charge in [-0.1, -0.05) is 37.5 Å². The third-order valence-corrected chi connectivity index (χ3v) is 5.37. The molecule has 0 bridgehead atoms. The van der Waals surface area contributed by atoms with E-state index < -0.39 is 5.41 Å². The summed E-state index contributed by atoms with van der Waals surface area (Å²) in [5.74, 6) is 1.64.